The van der Waals surface area contributed by atoms with E-state index in [0.29, 0.717) is 37.4 Å². The molecule has 0 radical (unpaired) electrons. The maximum atomic E-state index is 13.4. The minimum atomic E-state index is -0.522. The maximum Gasteiger partial charge on any atom is 0.259 e. The first-order chi connectivity index (χ1) is 13.6. The minimum Gasteiger partial charge on any atom is -0.471 e. The molecule has 1 unspecified atom stereocenters. The molecule has 0 saturated heterocycles. The SMILES string of the molecule is O=C1c2c(ccnc2OC2CCCC[C@@H]2O)CCN1CC1=CC=CC(F)=CC1. The monoisotopic (exact) mass is 384 g/mol. The number of aliphatic hydroxyl groups is 1. The lowest BCUT2D eigenvalue weighted by atomic mass is 9.94. The highest BCUT2D eigenvalue weighted by atomic mass is 19.1. The number of aliphatic hydroxyl groups excluding tert-OH is 1. The van der Waals surface area contributed by atoms with Gasteiger partial charge in [0, 0.05) is 19.3 Å². The molecule has 0 bridgehead atoms. The number of fused-ring (bicyclic) bond motifs is 1. The van der Waals surface area contributed by atoms with Gasteiger partial charge in [-0.1, -0.05) is 18.6 Å². The fraction of sp³-hybridized carbons (Fsp3) is 0.455. The van der Waals surface area contributed by atoms with Gasteiger partial charge in [0.1, 0.15) is 17.5 Å². The van der Waals surface area contributed by atoms with Gasteiger partial charge in [-0.05, 0) is 61.5 Å². The van der Waals surface area contributed by atoms with Crippen LogP contribution < -0.4 is 4.74 Å². The zero-order valence-electron chi connectivity index (χ0n) is 15.8. The van der Waals surface area contributed by atoms with E-state index >= 15 is 0 Å². The van der Waals surface area contributed by atoms with Gasteiger partial charge in [0.15, 0.2) is 0 Å². The van der Waals surface area contributed by atoms with Crippen LogP contribution in [0.5, 0.6) is 5.88 Å². The van der Waals surface area contributed by atoms with Crippen molar-refractivity contribution in [2.75, 3.05) is 13.1 Å². The number of aromatic nitrogens is 1. The van der Waals surface area contributed by atoms with Crippen molar-refractivity contribution in [2.45, 2.75) is 50.7 Å². The van der Waals surface area contributed by atoms with Gasteiger partial charge >= 0.3 is 0 Å². The van der Waals surface area contributed by atoms with E-state index < -0.39 is 6.10 Å². The minimum absolute atomic E-state index is 0.117. The molecule has 2 atom stereocenters. The summed E-state index contributed by atoms with van der Waals surface area (Å²) >= 11 is 0. The quantitative estimate of drug-likeness (QED) is 0.863. The van der Waals surface area contributed by atoms with Crippen LogP contribution in [0, 0.1) is 0 Å². The van der Waals surface area contributed by atoms with Crippen LogP contribution in [0.4, 0.5) is 4.39 Å². The molecule has 148 valence electrons. The third-order valence-electron chi connectivity index (χ3n) is 5.63. The molecule has 2 heterocycles. The molecule has 28 heavy (non-hydrogen) atoms. The molecule has 3 aliphatic rings. The van der Waals surface area contributed by atoms with Crippen molar-refractivity contribution in [3.63, 3.8) is 0 Å². The lowest BCUT2D eigenvalue weighted by Crippen LogP contribution is -2.40. The van der Waals surface area contributed by atoms with Crippen LogP contribution in [0.2, 0.25) is 0 Å². The third kappa shape index (κ3) is 4.02. The number of carbonyl (C=O) groups is 1. The lowest BCUT2D eigenvalue weighted by molar-refractivity contribution is 0.00362. The number of halogens is 1. The van der Waals surface area contributed by atoms with Crippen LogP contribution >= 0.6 is 0 Å². The number of amides is 1. The van der Waals surface area contributed by atoms with Crippen molar-refractivity contribution in [1.29, 1.82) is 0 Å². The van der Waals surface area contributed by atoms with E-state index in [2.05, 4.69) is 4.98 Å². The highest BCUT2D eigenvalue weighted by Crippen LogP contribution is 2.30. The van der Waals surface area contributed by atoms with Gasteiger partial charge in [0.25, 0.3) is 5.91 Å². The molecule has 1 fully saturated rings. The Morgan fingerprint density at radius 1 is 1.32 bits per heavy atom. The van der Waals surface area contributed by atoms with Crippen LogP contribution in [0.25, 0.3) is 0 Å². The summed E-state index contributed by atoms with van der Waals surface area (Å²) in [7, 11) is 0. The van der Waals surface area contributed by atoms with Crippen molar-refractivity contribution < 1.29 is 19.0 Å². The predicted molar refractivity (Wildman–Crippen MR) is 104 cm³/mol. The summed E-state index contributed by atoms with van der Waals surface area (Å²) in [5.41, 5.74) is 2.41. The Hall–Kier alpha value is -2.47. The number of nitrogens with zero attached hydrogens (tertiary/aromatic N) is 2. The van der Waals surface area contributed by atoms with Crippen LogP contribution in [0.15, 0.2) is 48.0 Å². The normalized spacial score (nSPS) is 24.9. The molecule has 2 aliphatic carbocycles. The number of carbonyl (C=O) groups excluding carboxylic acids is 1. The van der Waals surface area contributed by atoms with Crippen molar-refractivity contribution >= 4 is 5.91 Å². The highest BCUT2D eigenvalue weighted by Gasteiger charge is 2.32. The van der Waals surface area contributed by atoms with E-state index in [0.717, 1.165) is 36.8 Å². The third-order valence-corrected chi connectivity index (χ3v) is 5.63. The first kappa shape index (κ1) is 18.9. The second-order valence-electron chi connectivity index (χ2n) is 7.61. The van der Waals surface area contributed by atoms with Crippen molar-refractivity contribution in [3.8, 4) is 5.88 Å². The van der Waals surface area contributed by atoms with Crippen LogP contribution in [-0.4, -0.2) is 46.2 Å². The first-order valence-corrected chi connectivity index (χ1v) is 9.95. The molecule has 4 rings (SSSR count). The van der Waals surface area contributed by atoms with Crippen LogP contribution in [0.1, 0.15) is 48.0 Å². The number of ether oxygens (including phenoxy) is 1. The Bertz CT molecular complexity index is 843. The summed E-state index contributed by atoms with van der Waals surface area (Å²) in [5.74, 6) is -0.0560. The van der Waals surface area contributed by atoms with Gasteiger partial charge in [-0.25, -0.2) is 9.37 Å². The van der Waals surface area contributed by atoms with Gasteiger partial charge < -0.3 is 14.7 Å². The Kier molecular flexibility index (Phi) is 5.57. The van der Waals surface area contributed by atoms with Gasteiger partial charge in [-0.15, -0.1) is 0 Å². The van der Waals surface area contributed by atoms with Gasteiger partial charge in [0.2, 0.25) is 5.88 Å². The largest absolute Gasteiger partial charge is 0.471 e. The van der Waals surface area contributed by atoms with E-state index in [-0.39, 0.29) is 17.8 Å². The summed E-state index contributed by atoms with van der Waals surface area (Å²) in [6, 6.07) is 1.86. The van der Waals surface area contributed by atoms with E-state index in [1.54, 1.807) is 17.2 Å². The fourth-order valence-electron chi connectivity index (χ4n) is 4.03. The molecule has 1 aromatic heterocycles. The fourth-order valence-corrected chi connectivity index (χ4v) is 4.03. The molecule has 0 spiro atoms. The predicted octanol–water partition coefficient (Wildman–Crippen LogP) is 3.50. The Balaban J connectivity index is 1.53. The Morgan fingerprint density at radius 2 is 2.18 bits per heavy atom. The summed E-state index contributed by atoms with van der Waals surface area (Å²) in [4.78, 5) is 19.3. The van der Waals surface area contributed by atoms with E-state index in [9.17, 15) is 14.3 Å². The standard InChI is InChI=1S/C22H25FN2O3/c23-17-5-3-4-15(8-9-17)14-25-13-11-16-10-12-24-21(20(16)22(25)27)28-19-7-2-1-6-18(19)26/h3-5,9-10,12,18-19,26H,1-2,6-8,11,13-14H2/t18-,19?/m0/s1. The second-order valence-corrected chi connectivity index (χ2v) is 7.61. The molecule has 1 N–H and O–H groups in total. The Morgan fingerprint density at radius 3 is 3.04 bits per heavy atom. The molecule has 0 aromatic carbocycles. The van der Waals surface area contributed by atoms with E-state index in [1.165, 1.54) is 12.2 Å². The number of hydrogen-bond acceptors (Lipinski definition) is 4. The van der Waals surface area contributed by atoms with E-state index in [1.807, 2.05) is 12.1 Å². The average molecular weight is 384 g/mol. The summed E-state index contributed by atoms with van der Waals surface area (Å²) in [5, 5.41) is 10.2. The van der Waals surface area contributed by atoms with Gasteiger partial charge in [-0.2, -0.15) is 0 Å². The molecular weight excluding hydrogens is 359 g/mol. The molecule has 1 saturated carbocycles. The molecule has 5 nitrogen and oxygen atoms in total. The lowest BCUT2D eigenvalue weighted by Gasteiger charge is -2.32. The highest BCUT2D eigenvalue weighted by molar-refractivity contribution is 5.99. The van der Waals surface area contributed by atoms with Gasteiger partial charge in [0.05, 0.1) is 6.10 Å². The van der Waals surface area contributed by atoms with Crippen LogP contribution in [-0.2, 0) is 6.42 Å². The molecular formula is C22H25FN2O3. The zero-order valence-corrected chi connectivity index (χ0v) is 15.8. The smallest absolute Gasteiger partial charge is 0.259 e. The van der Waals surface area contributed by atoms with Gasteiger partial charge in [-0.3, -0.25) is 4.79 Å². The molecule has 1 aromatic rings. The second kappa shape index (κ2) is 8.27. The summed E-state index contributed by atoms with van der Waals surface area (Å²) < 4.78 is 19.4. The number of hydrogen-bond donors (Lipinski definition) is 1. The average Bonchev–Trinajstić information content (AvgIpc) is 2.90. The van der Waals surface area contributed by atoms with E-state index in [4.69, 9.17) is 4.74 Å². The molecule has 6 heteroatoms. The van der Waals surface area contributed by atoms with Crippen LogP contribution in [0.3, 0.4) is 0 Å². The number of allylic oxidation sites excluding steroid dienone is 5. The number of rotatable bonds is 4. The first-order valence-electron chi connectivity index (χ1n) is 9.95. The topological polar surface area (TPSA) is 62.7 Å². The van der Waals surface area contributed by atoms with Crippen molar-refractivity contribution in [3.05, 3.63) is 59.1 Å². The zero-order chi connectivity index (χ0) is 19.5. The maximum absolute atomic E-state index is 13.4. The summed E-state index contributed by atoms with van der Waals surface area (Å²) in [6.07, 6.45) is 12.0. The van der Waals surface area contributed by atoms with Crippen molar-refractivity contribution in [1.82, 2.24) is 9.88 Å². The molecule has 1 amide bonds. The Labute approximate surface area is 164 Å². The van der Waals surface area contributed by atoms with Crippen molar-refractivity contribution in [2.24, 2.45) is 0 Å². The number of pyridine rings is 1. The summed E-state index contributed by atoms with van der Waals surface area (Å²) in [6.45, 7) is 1.06. The molecule has 1 aliphatic heterocycles.